The lowest BCUT2D eigenvalue weighted by Gasteiger charge is -2.25. The van der Waals surface area contributed by atoms with Gasteiger partial charge in [-0.15, -0.1) is 0 Å². The van der Waals surface area contributed by atoms with Gasteiger partial charge in [-0.05, 0) is 18.6 Å². The van der Waals surface area contributed by atoms with Crippen molar-refractivity contribution in [2.24, 2.45) is 0 Å². The Hall–Kier alpha value is -2.58. The Labute approximate surface area is 142 Å². The van der Waals surface area contributed by atoms with E-state index in [0.29, 0.717) is 25.6 Å². The molecular formula is C16H18F3N3O3. The summed E-state index contributed by atoms with van der Waals surface area (Å²) in [5, 5.41) is 0. The monoisotopic (exact) mass is 357 g/mol. The fourth-order valence-electron chi connectivity index (χ4n) is 2.64. The van der Waals surface area contributed by atoms with Gasteiger partial charge in [0, 0.05) is 31.8 Å². The number of pyridine rings is 1. The second-order valence-electron chi connectivity index (χ2n) is 5.63. The topological polar surface area (TPSA) is 62.7 Å². The van der Waals surface area contributed by atoms with Gasteiger partial charge in [0.1, 0.15) is 5.69 Å². The van der Waals surface area contributed by atoms with Crippen LogP contribution in [0.3, 0.4) is 0 Å². The van der Waals surface area contributed by atoms with Crippen LogP contribution in [0.4, 0.5) is 13.2 Å². The number of rotatable bonds is 4. The van der Waals surface area contributed by atoms with E-state index in [1.165, 1.54) is 30.0 Å². The maximum atomic E-state index is 12.9. The van der Waals surface area contributed by atoms with E-state index in [4.69, 9.17) is 4.74 Å². The number of likely N-dealkylation sites (N-methyl/N-ethyl adjacent to an activating group) is 1. The maximum absolute atomic E-state index is 12.9. The Morgan fingerprint density at radius 3 is 2.68 bits per heavy atom. The second-order valence-corrected chi connectivity index (χ2v) is 5.63. The molecule has 1 fully saturated rings. The molecule has 6 nitrogen and oxygen atoms in total. The van der Waals surface area contributed by atoms with Crippen molar-refractivity contribution in [2.75, 3.05) is 27.2 Å². The molecule has 0 N–H and O–H groups in total. The molecule has 2 amide bonds. The van der Waals surface area contributed by atoms with E-state index in [0.717, 1.165) is 6.07 Å². The molecule has 0 bridgehead atoms. The van der Waals surface area contributed by atoms with E-state index >= 15 is 0 Å². The van der Waals surface area contributed by atoms with Crippen LogP contribution in [0.25, 0.3) is 0 Å². The van der Waals surface area contributed by atoms with Gasteiger partial charge >= 0.3 is 6.18 Å². The SMILES string of the molecule is C=CC(=O)N1CC[C@H](N(C)C(=O)c2cc(OC)nc(C(F)(F)F)c2)C1. The molecule has 1 saturated heterocycles. The lowest BCUT2D eigenvalue weighted by atomic mass is 10.1. The lowest BCUT2D eigenvalue weighted by molar-refractivity contribution is -0.141. The minimum absolute atomic E-state index is 0.171. The molecule has 2 rings (SSSR count). The van der Waals surface area contributed by atoms with Crippen molar-refractivity contribution in [3.63, 3.8) is 0 Å². The van der Waals surface area contributed by atoms with Crippen molar-refractivity contribution in [3.8, 4) is 5.88 Å². The number of alkyl halides is 3. The number of ether oxygens (including phenoxy) is 1. The number of methoxy groups -OCH3 is 1. The molecule has 0 aliphatic carbocycles. The van der Waals surface area contributed by atoms with Gasteiger partial charge in [0.25, 0.3) is 5.91 Å². The fourth-order valence-corrected chi connectivity index (χ4v) is 2.64. The molecule has 25 heavy (non-hydrogen) atoms. The van der Waals surface area contributed by atoms with Crippen molar-refractivity contribution < 1.29 is 27.5 Å². The third-order valence-corrected chi connectivity index (χ3v) is 4.07. The first-order valence-electron chi connectivity index (χ1n) is 7.49. The van der Waals surface area contributed by atoms with Gasteiger partial charge in [0.15, 0.2) is 0 Å². The van der Waals surface area contributed by atoms with Gasteiger partial charge in [-0.2, -0.15) is 13.2 Å². The standard InChI is InChI=1S/C16H18F3N3O3/c1-4-14(23)22-6-5-11(9-22)21(2)15(24)10-7-12(16(17,18)19)20-13(8-10)25-3/h4,7-8,11H,1,5-6,9H2,2-3H3/t11-/m0/s1. The van der Waals surface area contributed by atoms with Crippen LogP contribution < -0.4 is 4.74 Å². The van der Waals surface area contributed by atoms with Crippen LogP contribution in [0.2, 0.25) is 0 Å². The molecular weight excluding hydrogens is 339 g/mol. The van der Waals surface area contributed by atoms with Crippen LogP contribution >= 0.6 is 0 Å². The number of carbonyl (C=O) groups excluding carboxylic acids is 2. The fraction of sp³-hybridized carbons (Fsp3) is 0.438. The highest BCUT2D eigenvalue weighted by Gasteiger charge is 2.35. The Morgan fingerprint density at radius 2 is 2.12 bits per heavy atom. The van der Waals surface area contributed by atoms with Crippen LogP contribution in [0.15, 0.2) is 24.8 Å². The average molecular weight is 357 g/mol. The molecule has 136 valence electrons. The summed E-state index contributed by atoms with van der Waals surface area (Å²) in [6.45, 7) is 4.18. The van der Waals surface area contributed by atoms with Gasteiger partial charge in [0.2, 0.25) is 11.8 Å². The number of aromatic nitrogens is 1. The molecule has 0 radical (unpaired) electrons. The van der Waals surface area contributed by atoms with Gasteiger partial charge in [-0.25, -0.2) is 4.98 Å². The minimum atomic E-state index is -4.69. The molecule has 1 aliphatic heterocycles. The quantitative estimate of drug-likeness (QED) is 0.773. The Morgan fingerprint density at radius 1 is 1.44 bits per heavy atom. The largest absolute Gasteiger partial charge is 0.481 e. The number of amides is 2. The van der Waals surface area contributed by atoms with E-state index in [1.54, 1.807) is 0 Å². The molecule has 1 aromatic heterocycles. The highest BCUT2D eigenvalue weighted by atomic mass is 19.4. The summed E-state index contributed by atoms with van der Waals surface area (Å²) in [6.07, 6.45) is -2.97. The maximum Gasteiger partial charge on any atom is 0.433 e. The van der Waals surface area contributed by atoms with Gasteiger partial charge in [-0.3, -0.25) is 9.59 Å². The smallest absolute Gasteiger partial charge is 0.433 e. The predicted molar refractivity (Wildman–Crippen MR) is 83.1 cm³/mol. The van der Waals surface area contributed by atoms with E-state index in [9.17, 15) is 22.8 Å². The summed E-state index contributed by atoms with van der Waals surface area (Å²) in [6, 6.07) is 1.57. The Kier molecular flexibility index (Phi) is 5.34. The molecule has 0 saturated carbocycles. The first kappa shape index (κ1) is 18.8. The van der Waals surface area contributed by atoms with Crippen LogP contribution in [-0.4, -0.2) is 59.9 Å². The van der Waals surface area contributed by atoms with Gasteiger partial charge in [-0.1, -0.05) is 6.58 Å². The summed E-state index contributed by atoms with van der Waals surface area (Å²) in [7, 11) is 2.67. The summed E-state index contributed by atoms with van der Waals surface area (Å²) in [5.41, 5.74) is -1.37. The Balaban J connectivity index is 2.22. The molecule has 2 heterocycles. The second kappa shape index (κ2) is 7.12. The molecule has 1 aromatic rings. The van der Waals surface area contributed by atoms with Gasteiger partial charge in [0.05, 0.1) is 13.2 Å². The number of likely N-dealkylation sites (tertiary alicyclic amines) is 1. The summed E-state index contributed by atoms with van der Waals surface area (Å²) in [4.78, 5) is 30.4. The van der Waals surface area contributed by atoms with E-state index in [1.807, 2.05) is 0 Å². The predicted octanol–water partition coefficient (Wildman–Crippen LogP) is 1.97. The van der Waals surface area contributed by atoms with Crippen molar-refractivity contribution in [1.82, 2.24) is 14.8 Å². The highest BCUT2D eigenvalue weighted by molar-refractivity contribution is 5.95. The van der Waals surface area contributed by atoms with Crippen molar-refractivity contribution in [1.29, 1.82) is 0 Å². The summed E-state index contributed by atoms with van der Waals surface area (Å²) < 4.78 is 43.6. The number of carbonyl (C=O) groups is 2. The van der Waals surface area contributed by atoms with Crippen LogP contribution in [0, 0.1) is 0 Å². The van der Waals surface area contributed by atoms with Crippen molar-refractivity contribution in [3.05, 3.63) is 36.0 Å². The lowest BCUT2D eigenvalue weighted by Crippen LogP contribution is -2.40. The first-order chi connectivity index (χ1) is 11.7. The normalized spacial score (nSPS) is 17.3. The summed E-state index contributed by atoms with van der Waals surface area (Å²) >= 11 is 0. The Bertz CT molecular complexity index is 691. The minimum Gasteiger partial charge on any atom is -0.481 e. The summed E-state index contributed by atoms with van der Waals surface area (Å²) in [5.74, 6) is -1.13. The third kappa shape index (κ3) is 4.09. The zero-order chi connectivity index (χ0) is 18.8. The van der Waals surface area contributed by atoms with Crippen molar-refractivity contribution in [2.45, 2.75) is 18.6 Å². The zero-order valence-electron chi connectivity index (χ0n) is 13.8. The zero-order valence-corrected chi connectivity index (χ0v) is 13.8. The number of hydrogen-bond donors (Lipinski definition) is 0. The van der Waals surface area contributed by atoms with Gasteiger partial charge < -0.3 is 14.5 Å². The third-order valence-electron chi connectivity index (χ3n) is 4.07. The molecule has 0 aromatic carbocycles. The number of hydrogen-bond acceptors (Lipinski definition) is 4. The molecule has 9 heteroatoms. The van der Waals surface area contributed by atoms with Crippen LogP contribution in [0.1, 0.15) is 22.5 Å². The molecule has 0 unspecified atom stereocenters. The van der Waals surface area contributed by atoms with E-state index in [2.05, 4.69) is 11.6 Å². The molecule has 1 atom stereocenters. The molecule has 0 spiro atoms. The van der Waals surface area contributed by atoms with E-state index in [-0.39, 0.29) is 23.4 Å². The molecule has 1 aliphatic rings. The van der Waals surface area contributed by atoms with Crippen LogP contribution in [-0.2, 0) is 11.0 Å². The van der Waals surface area contributed by atoms with E-state index < -0.39 is 17.8 Å². The highest BCUT2D eigenvalue weighted by Crippen LogP contribution is 2.30. The number of halogens is 3. The average Bonchev–Trinajstić information content (AvgIpc) is 3.08. The van der Waals surface area contributed by atoms with Crippen molar-refractivity contribution >= 4 is 11.8 Å². The first-order valence-corrected chi connectivity index (χ1v) is 7.49. The number of nitrogens with zero attached hydrogens (tertiary/aromatic N) is 3. The van der Waals surface area contributed by atoms with Crippen LogP contribution in [0.5, 0.6) is 5.88 Å².